The minimum absolute atomic E-state index is 0.0162. The lowest BCUT2D eigenvalue weighted by atomic mass is 10.2. The van der Waals surface area contributed by atoms with Gasteiger partial charge in [0.1, 0.15) is 17.4 Å². The largest absolute Gasteiger partial charge is 0.437 e. The van der Waals surface area contributed by atoms with Crippen molar-refractivity contribution in [1.82, 2.24) is 14.9 Å². The zero-order valence-corrected chi connectivity index (χ0v) is 16.0. The third kappa shape index (κ3) is 4.10. The number of oxazole rings is 1. The highest BCUT2D eigenvalue weighted by Crippen LogP contribution is 2.21. The van der Waals surface area contributed by atoms with Gasteiger partial charge in [0.05, 0.1) is 11.4 Å². The minimum atomic E-state index is -0.453. The molecule has 0 spiro atoms. The van der Waals surface area contributed by atoms with E-state index in [1.165, 1.54) is 17.4 Å². The predicted molar refractivity (Wildman–Crippen MR) is 100 cm³/mol. The summed E-state index contributed by atoms with van der Waals surface area (Å²) >= 11 is 1.34. The Kier molecular flexibility index (Phi) is 5.19. The topological polar surface area (TPSA) is 71.3 Å². The van der Waals surface area contributed by atoms with Gasteiger partial charge in [-0.1, -0.05) is 0 Å². The van der Waals surface area contributed by atoms with Gasteiger partial charge >= 0.3 is 5.91 Å². The van der Waals surface area contributed by atoms with Crippen molar-refractivity contribution in [3.8, 4) is 0 Å². The molecule has 0 aliphatic carbocycles. The van der Waals surface area contributed by atoms with E-state index in [0.29, 0.717) is 48.9 Å². The van der Waals surface area contributed by atoms with Crippen LogP contribution in [-0.2, 0) is 19.4 Å². The van der Waals surface area contributed by atoms with E-state index in [1.807, 2.05) is 17.2 Å². The van der Waals surface area contributed by atoms with Crippen molar-refractivity contribution < 1.29 is 18.0 Å². The van der Waals surface area contributed by atoms with Gasteiger partial charge in [-0.2, -0.15) is 0 Å². The summed E-state index contributed by atoms with van der Waals surface area (Å²) in [5.74, 6) is -0.631. The number of thiazole rings is 1. The molecular formula is C19H18F2N4O2S. The number of aryl methyl sites for hydroxylation is 1. The molecule has 0 saturated carbocycles. The first kappa shape index (κ1) is 18.7. The van der Waals surface area contributed by atoms with Gasteiger partial charge in [-0.15, -0.1) is 11.3 Å². The van der Waals surface area contributed by atoms with E-state index in [9.17, 15) is 13.6 Å². The quantitative estimate of drug-likeness (QED) is 0.720. The summed E-state index contributed by atoms with van der Waals surface area (Å²) < 4.78 is 32.9. The van der Waals surface area contributed by atoms with Crippen molar-refractivity contribution in [1.29, 1.82) is 0 Å². The van der Waals surface area contributed by atoms with Gasteiger partial charge in [0.15, 0.2) is 5.13 Å². The molecule has 1 aromatic carbocycles. The van der Waals surface area contributed by atoms with E-state index in [1.54, 1.807) is 0 Å². The Morgan fingerprint density at radius 3 is 2.89 bits per heavy atom. The van der Waals surface area contributed by atoms with Crippen molar-refractivity contribution >= 4 is 22.4 Å². The molecule has 1 aliphatic rings. The van der Waals surface area contributed by atoms with Crippen LogP contribution in [-0.4, -0.2) is 33.9 Å². The van der Waals surface area contributed by atoms with Crippen LogP contribution in [0.25, 0.3) is 0 Å². The average molecular weight is 404 g/mol. The van der Waals surface area contributed by atoms with Gasteiger partial charge in [-0.05, 0) is 25.1 Å². The lowest BCUT2D eigenvalue weighted by molar-refractivity contribution is 0.0988. The number of hydrogen-bond acceptors (Lipinski definition) is 6. The number of anilines is 1. The maximum Gasteiger partial charge on any atom is 0.313 e. The lowest BCUT2D eigenvalue weighted by Crippen LogP contribution is -2.26. The Labute approximate surface area is 164 Å². The van der Waals surface area contributed by atoms with E-state index in [0.717, 1.165) is 23.5 Å². The fourth-order valence-corrected chi connectivity index (χ4v) is 3.82. The van der Waals surface area contributed by atoms with Crippen LogP contribution in [0.5, 0.6) is 0 Å². The molecule has 3 aromatic rings. The number of benzene rings is 1. The Bertz CT molecular complexity index is 992. The van der Waals surface area contributed by atoms with Gasteiger partial charge in [-0.3, -0.25) is 15.0 Å². The molecule has 4 rings (SSSR count). The van der Waals surface area contributed by atoms with Crippen molar-refractivity contribution in [2.75, 3.05) is 18.4 Å². The molecule has 1 aliphatic heterocycles. The first-order valence-electron chi connectivity index (χ1n) is 8.86. The van der Waals surface area contributed by atoms with Crippen LogP contribution in [0.2, 0.25) is 0 Å². The number of hydrogen-bond donors (Lipinski definition) is 1. The number of fused-ring (bicyclic) bond motifs is 1. The molecule has 2 aromatic heterocycles. The number of halogens is 2. The number of carbonyl (C=O) groups excluding carboxylic acids is 1. The highest BCUT2D eigenvalue weighted by atomic mass is 32.1. The predicted octanol–water partition coefficient (Wildman–Crippen LogP) is 3.57. The van der Waals surface area contributed by atoms with Gasteiger partial charge < -0.3 is 4.42 Å². The van der Waals surface area contributed by atoms with Gasteiger partial charge in [0.2, 0.25) is 0 Å². The van der Waals surface area contributed by atoms with E-state index in [4.69, 9.17) is 4.42 Å². The Hall–Kier alpha value is -2.65. The summed E-state index contributed by atoms with van der Waals surface area (Å²) in [5.41, 5.74) is 1.88. The normalized spacial score (nSPS) is 14.5. The second-order valence-corrected chi connectivity index (χ2v) is 7.51. The van der Waals surface area contributed by atoms with Crippen LogP contribution in [0.3, 0.4) is 0 Å². The van der Waals surface area contributed by atoms with Crippen LogP contribution in [0.15, 0.2) is 28.0 Å². The van der Waals surface area contributed by atoms with Crippen molar-refractivity contribution in [3.05, 3.63) is 63.8 Å². The van der Waals surface area contributed by atoms with Gasteiger partial charge in [0.25, 0.3) is 5.89 Å². The highest BCUT2D eigenvalue weighted by Gasteiger charge is 2.23. The maximum absolute atomic E-state index is 13.9. The Morgan fingerprint density at radius 1 is 1.29 bits per heavy atom. The summed E-state index contributed by atoms with van der Waals surface area (Å²) in [6.07, 6.45) is 1.11. The fourth-order valence-electron chi connectivity index (χ4n) is 3.13. The molecule has 0 unspecified atom stereocenters. The number of rotatable bonds is 4. The molecule has 3 heterocycles. The van der Waals surface area contributed by atoms with E-state index in [2.05, 4.69) is 15.3 Å². The number of nitrogens with zero attached hydrogens (tertiary/aromatic N) is 3. The lowest BCUT2D eigenvalue weighted by Gasteiger charge is -2.19. The fraction of sp³-hybridized carbons (Fsp3) is 0.316. The summed E-state index contributed by atoms with van der Waals surface area (Å²) in [6, 6.07) is 3.47. The van der Waals surface area contributed by atoms with Crippen LogP contribution < -0.4 is 5.32 Å². The second kappa shape index (κ2) is 7.76. The third-order valence-electron chi connectivity index (χ3n) is 4.53. The summed E-state index contributed by atoms with van der Waals surface area (Å²) in [4.78, 5) is 22.8. The summed E-state index contributed by atoms with van der Waals surface area (Å²) in [7, 11) is 0. The second-order valence-electron chi connectivity index (χ2n) is 6.65. The molecule has 1 amide bonds. The Balaban J connectivity index is 1.41. The number of carbonyl (C=O) groups is 1. The van der Waals surface area contributed by atoms with Crippen molar-refractivity contribution in [3.63, 3.8) is 0 Å². The molecule has 0 saturated heterocycles. The Morgan fingerprint density at radius 2 is 2.11 bits per heavy atom. The number of amides is 1. The summed E-state index contributed by atoms with van der Waals surface area (Å²) in [5, 5.41) is 5.02. The smallest absolute Gasteiger partial charge is 0.313 e. The number of aromatic nitrogens is 2. The van der Waals surface area contributed by atoms with E-state index >= 15 is 0 Å². The molecule has 0 fully saturated rings. The average Bonchev–Trinajstić information content (AvgIpc) is 3.21. The van der Waals surface area contributed by atoms with Crippen LogP contribution in [0, 0.1) is 18.6 Å². The van der Waals surface area contributed by atoms with Gasteiger partial charge in [0, 0.05) is 43.4 Å². The summed E-state index contributed by atoms with van der Waals surface area (Å²) in [6.45, 7) is 3.37. The van der Waals surface area contributed by atoms with E-state index in [-0.39, 0.29) is 5.89 Å². The zero-order chi connectivity index (χ0) is 19.7. The molecule has 1 N–H and O–H groups in total. The molecule has 28 heavy (non-hydrogen) atoms. The third-order valence-corrected chi connectivity index (χ3v) is 5.41. The minimum Gasteiger partial charge on any atom is -0.437 e. The van der Waals surface area contributed by atoms with Gasteiger partial charge in [-0.25, -0.2) is 18.7 Å². The molecule has 9 heteroatoms. The molecule has 6 nitrogen and oxygen atoms in total. The first-order chi connectivity index (χ1) is 13.5. The zero-order valence-electron chi connectivity index (χ0n) is 15.2. The first-order valence-corrected chi connectivity index (χ1v) is 9.74. The van der Waals surface area contributed by atoms with Crippen LogP contribution in [0.1, 0.15) is 33.4 Å². The molecular weight excluding hydrogens is 386 g/mol. The molecule has 0 atom stereocenters. The molecule has 0 radical (unpaired) electrons. The highest BCUT2D eigenvalue weighted by molar-refractivity contribution is 7.13. The SMILES string of the molecule is Cc1csc(NC(=O)c2nc3c(o2)CCN(Cc2cc(F)ccc2F)CC3)n1. The van der Waals surface area contributed by atoms with Crippen molar-refractivity contribution in [2.45, 2.75) is 26.3 Å². The maximum atomic E-state index is 13.9. The molecule has 0 bridgehead atoms. The number of nitrogens with one attached hydrogen (secondary N) is 1. The standard InChI is InChI=1S/C19H18F2N4O2S/c1-11-10-28-19(22-11)24-17(26)18-23-15-4-6-25(7-5-16(15)27-18)9-12-8-13(20)2-3-14(12)21/h2-3,8,10H,4-7,9H2,1H3,(H,22,24,26). The van der Waals surface area contributed by atoms with E-state index < -0.39 is 17.5 Å². The van der Waals surface area contributed by atoms with Crippen molar-refractivity contribution in [2.24, 2.45) is 0 Å². The van der Waals surface area contributed by atoms with Crippen LogP contribution in [0.4, 0.5) is 13.9 Å². The van der Waals surface area contributed by atoms with Crippen LogP contribution >= 0.6 is 11.3 Å². The molecule has 146 valence electrons. The monoisotopic (exact) mass is 404 g/mol.